The minimum absolute atomic E-state index is 0.406. The number of carbonyl (C=O) groups is 1. The van der Waals surface area contributed by atoms with Crippen molar-refractivity contribution >= 4 is 5.78 Å². The molecule has 2 heteroatoms. The van der Waals surface area contributed by atoms with E-state index in [0.29, 0.717) is 12.3 Å². The summed E-state index contributed by atoms with van der Waals surface area (Å²) in [6.45, 7) is 9.51. The van der Waals surface area contributed by atoms with Gasteiger partial charge in [-0.1, -0.05) is 20.8 Å². The van der Waals surface area contributed by atoms with Crippen molar-refractivity contribution in [3.05, 3.63) is 0 Å². The molecule has 1 aliphatic rings. The van der Waals surface area contributed by atoms with Gasteiger partial charge in [-0.3, -0.25) is 9.69 Å². The van der Waals surface area contributed by atoms with Crippen molar-refractivity contribution in [3.8, 4) is 0 Å². The van der Waals surface area contributed by atoms with Crippen LogP contribution in [-0.4, -0.2) is 30.3 Å². The predicted octanol–water partition coefficient (Wildman–Crippen LogP) is 1.94. The zero-order valence-corrected chi connectivity index (χ0v) is 9.05. The highest BCUT2D eigenvalue weighted by Crippen LogP contribution is 2.21. The number of Topliss-reactive ketones (excluding diaryl/α,β-unsaturated/α-hetero) is 1. The lowest BCUT2D eigenvalue weighted by Gasteiger charge is -2.13. The van der Waals surface area contributed by atoms with Gasteiger partial charge in [0.2, 0.25) is 0 Å². The van der Waals surface area contributed by atoms with Crippen LogP contribution in [0.2, 0.25) is 0 Å². The molecule has 0 aromatic rings. The zero-order valence-electron chi connectivity index (χ0n) is 9.05. The van der Waals surface area contributed by atoms with Crippen LogP contribution in [0.5, 0.6) is 0 Å². The monoisotopic (exact) mass is 183 g/mol. The van der Waals surface area contributed by atoms with Crippen molar-refractivity contribution in [1.82, 2.24) is 4.90 Å². The molecule has 1 fully saturated rings. The molecule has 1 heterocycles. The van der Waals surface area contributed by atoms with Crippen LogP contribution in [-0.2, 0) is 4.79 Å². The summed E-state index contributed by atoms with van der Waals surface area (Å²) < 4.78 is 0. The van der Waals surface area contributed by atoms with Gasteiger partial charge in [-0.15, -0.1) is 0 Å². The Labute approximate surface area is 81.3 Å². The van der Waals surface area contributed by atoms with Crippen LogP contribution >= 0.6 is 0 Å². The Morgan fingerprint density at radius 2 is 1.85 bits per heavy atom. The van der Waals surface area contributed by atoms with Gasteiger partial charge >= 0.3 is 0 Å². The molecule has 13 heavy (non-hydrogen) atoms. The Morgan fingerprint density at radius 3 is 2.31 bits per heavy atom. The largest absolute Gasteiger partial charge is 0.298 e. The Bertz CT molecular complexity index is 169. The van der Waals surface area contributed by atoms with E-state index in [1.54, 1.807) is 0 Å². The number of rotatable bonds is 4. The van der Waals surface area contributed by atoms with Crippen LogP contribution in [0.3, 0.4) is 0 Å². The van der Waals surface area contributed by atoms with Gasteiger partial charge in [-0.2, -0.15) is 0 Å². The minimum atomic E-state index is 0.406. The van der Waals surface area contributed by atoms with E-state index in [2.05, 4.69) is 25.7 Å². The zero-order chi connectivity index (χ0) is 9.84. The molecule has 0 N–H and O–H groups in total. The maximum Gasteiger partial charge on any atom is 0.146 e. The molecule has 0 aromatic carbocycles. The highest BCUT2D eigenvalue weighted by atomic mass is 16.1. The summed E-state index contributed by atoms with van der Waals surface area (Å²) in [7, 11) is 0. The molecule has 0 aromatic heterocycles. The smallest absolute Gasteiger partial charge is 0.146 e. The molecule has 2 nitrogen and oxygen atoms in total. The topological polar surface area (TPSA) is 20.3 Å². The van der Waals surface area contributed by atoms with Crippen molar-refractivity contribution in [2.75, 3.05) is 19.6 Å². The lowest BCUT2D eigenvalue weighted by Crippen LogP contribution is -2.27. The molecule has 2 unspecified atom stereocenters. The molecular formula is C11H21NO. The summed E-state index contributed by atoms with van der Waals surface area (Å²) >= 11 is 0. The van der Waals surface area contributed by atoms with Gasteiger partial charge in [0.1, 0.15) is 5.78 Å². The summed E-state index contributed by atoms with van der Waals surface area (Å²) in [4.78, 5) is 13.7. The molecule has 1 saturated heterocycles. The average molecular weight is 183 g/mol. The standard InChI is InChI=1S/C11H21NO/c1-4-5-11(13)8-12-6-9(2)10(3)7-12/h9-10H,4-8H2,1-3H3. The quantitative estimate of drug-likeness (QED) is 0.664. The number of ketones is 1. The second-order valence-corrected chi connectivity index (χ2v) is 4.44. The Balaban J connectivity index is 2.27. The molecule has 0 amide bonds. The van der Waals surface area contributed by atoms with Crippen molar-refractivity contribution in [1.29, 1.82) is 0 Å². The van der Waals surface area contributed by atoms with Crippen molar-refractivity contribution in [2.45, 2.75) is 33.6 Å². The van der Waals surface area contributed by atoms with Crippen molar-refractivity contribution < 1.29 is 4.79 Å². The maximum absolute atomic E-state index is 11.4. The van der Waals surface area contributed by atoms with E-state index >= 15 is 0 Å². The molecule has 2 atom stereocenters. The molecular weight excluding hydrogens is 162 g/mol. The van der Waals surface area contributed by atoms with E-state index in [1.807, 2.05) is 0 Å². The van der Waals surface area contributed by atoms with E-state index < -0.39 is 0 Å². The molecule has 0 bridgehead atoms. The summed E-state index contributed by atoms with van der Waals surface area (Å²) in [5.74, 6) is 1.92. The molecule has 0 aliphatic carbocycles. The second kappa shape index (κ2) is 4.75. The number of hydrogen-bond donors (Lipinski definition) is 0. The highest BCUT2D eigenvalue weighted by molar-refractivity contribution is 5.80. The first-order valence-electron chi connectivity index (χ1n) is 5.37. The van der Waals surface area contributed by atoms with Gasteiger partial charge in [-0.05, 0) is 18.3 Å². The SMILES string of the molecule is CCCC(=O)CN1CC(C)C(C)C1. The normalized spacial score (nSPS) is 29.5. The lowest BCUT2D eigenvalue weighted by molar-refractivity contribution is -0.120. The van der Waals surface area contributed by atoms with Gasteiger partial charge < -0.3 is 0 Å². The summed E-state index contributed by atoms with van der Waals surface area (Å²) in [6, 6.07) is 0. The van der Waals surface area contributed by atoms with Crippen LogP contribution in [0, 0.1) is 11.8 Å². The first kappa shape index (κ1) is 10.7. The minimum Gasteiger partial charge on any atom is -0.298 e. The lowest BCUT2D eigenvalue weighted by atomic mass is 10.0. The maximum atomic E-state index is 11.4. The van der Waals surface area contributed by atoms with Gasteiger partial charge in [0.25, 0.3) is 0 Å². The third-order valence-electron chi connectivity index (χ3n) is 2.99. The molecule has 0 spiro atoms. The van der Waals surface area contributed by atoms with Crippen LogP contribution in [0.1, 0.15) is 33.6 Å². The highest BCUT2D eigenvalue weighted by Gasteiger charge is 2.26. The van der Waals surface area contributed by atoms with Crippen molar-refractivity contribution in [2.24, 2.45) is 11.8 Å². The van der Waals surface area contributed by atoms with E-state index in [0.717, 1.165) is 37.8 Å². The van der Waals surface area contributed by atoms with Crippen LogP contribution in [0.25, 0.3) is 0 Å². The van der Waals surface area contributed by atoms with Crippen LogP contribution in [0.4, 0.5) is 0 Å². The van der Waals surface area contributed by atoms with Gasteiger partial charge in [0.05, 0.1) is 6.54 Å². The molecule has 1 aliphatic heterocycles. The first-order valence-corrected chi connectivity index (χ1v) is 5.37. The summed E-state index contributed by atoms with van der Waals surface area (Å²) in [5.41, 5.74) is 0. The predicted molar refractivity (Wildman–Crippen MR) is 54.7 cm³/mol. The number of carbonyl (C=O) groups excluding carboxylic acids is 1. The molecule has 0 radical (unpaired) electrons. The van der Waals surface area contributed by atoms with E-state index in [-0.39, 0.29) is 0 Å². The fourth-order valence-electron chi connectivity index (χ4n) is 1.99. The third kappa shape index (κ3) is 3.11. The first-order chi connectivity index (χ1) is 6.13. The number of hydrogen-bond acceptors (Lipinski definition) is 2. The van der Waals surface area contributed by atoms with Crippen LogP contribution in [0.15, 0.2) is 0 Å². The average Bonchev–Trinajstić information content (AvgIpc) is 2.31. The van der Waals surface area contributed by atoms with E-state index in [9.17, 15) is 4.79 Å². The fraction of sp³-hybridized carbons (Fsp3) is 0.909. The van der Waals surface area contributed by atoms with E-state index in [4.69, 9.17) is 0 Å². The fourth-order valence-corrected chi connectivity index (χ4v) is 1.99. The Hall–Kier alpha value is -0.370. The van der Waals surface area contributed by atoms with Gasteiger partial charge in [0, 0.05) is 19.5 Å². The number of likely N-dealkylation sites (tertiary alicyclic amines) is 1. The van der Waals surface area contributed by atoms with Crippen molar-refractivity contribution in [3.63, 3.8) is 0 Å². The van der Waals surface area contributed by atoms with E-state index in [1.165, 1.54) is 0 Å². The second-order valence-electron chi connectivity index (χ2n) is 4.44. The van der Waals surface area contributed by atoms with Crippen LogP contribution < -0.4 is 0 Å². The third-order valence-corrected chi connectivity index (χ3v) is 2.99. The van der Waals surface area contributed by atoms with Gasteiger partial charge in [-0.25, -0.2) is 0 Å². The molecule has 1 rings (SSSR count). The van der Waals surface area contributed by atoms with Gasteiger partial charge in [0.15, 0.2) is 0 Å². The summed E-state index contributed by atoms with van der Waals surface area (Å²) in [5, 5.41) is 0. The summed E-state index contributed by atoms with van der Waals surface area (Å²) in [6.07, 6.45) is 1.73. The molecule has 76 valence electrons. The Kier molecular flexibility index (Phi) is 3.91. The Morgan fingerprint density at radius 1 is 1.31 bits per heavy atom. The molecule has 0 saturated carbocycles. The number of nitrogens with zero attached hydrogens (tertiary/aromatic N) is 1.